The first kappa shape index (κ1) is 17.7. The minimum Gasteiger partial charge on any atom is -0.493 e. The van der Waals surface area contributed by atoms with E-state index in [4.69, 9.17) is 9.47 Å². The van der Waals surface area contributed by atoms with Gasteiger partial charge in [-0.1, -0.05) is 17.8 Å². The highest BCUT2D eigenvalue weighted by atomic mass is 32.2. The number of imidazole rings is 1. The van der Waals surface area contributed by atoms with E-state index in [1.165, 1.54) is 0 Å². The van der Waals surface area contributed by atoms with Crippen LogP contribution >= 0.6 is 0 Å². The number of hydrogen-bond donors (Lipinski definition) is 1. The number of aromatic amines is 1. The molecule has 0 radical (unpaired) electrons. The quantitative estimate of drug-likeness (QED) is 0.579. The predicted molar refractivity (Wildman–Crippen MR) is 96.7 cm³/mol. The summed E-state index contributed by atoms with van der Waals surface area (Å²) in [6.45, 7) is 3.18. The van der Waals surface area contributed by atoms with Gasteiger partial charge in [0.15, 0.2) is 5.16 Å². The highest BCUT2D eigenvalue weighted by molar-refractivity contribution is 7.84. The van der Waals surface area contributed by atoms with E-state index in [9.17, 15) is 4.21 Å². The van der Waals surface area contributed by atoms with Gasteiger partial charge in [-0.05, 0) is 13.0 Å². The van der Waals surface area contributed by atoms with E-state index < -0.39 is 10.8 Å². The monoisotopic (exact) mass is 360 g/mol. The van der Waals surface area contributed by atoms with Gasteiger partial charge in [-0.2, -0.15) is 6.42 Å². The van der Waals surface area contributed by atoms with Gasteiger partial charge in [-0.25, -0.2) is 0 Å². The number of H-pyrrole nitrogens is 1. The predicted octanol–water partition coefficient (Wildman–Crippen LogP) is 2.81. The van der Waals surface area contributed by atoms with Crippen LogP contribution in [0.1, 0.15) is 35.5 Å². The van der Waals surface area contributed by atoms with Crippen LogP contribution in [0.15, 0.2) is 23.5 Å². The summed E-state index contributed by atoms with van der Waals surface area (Å²) in [5.74, 6) is 1.07. The number of allylic oxidation sites excluding steroid dienone is 1. The van der Waals surface area contributed by atoms with Crippen LogP contribution in [0, 0.1) is 13.3 Å². The summed E-state index contributed by atoms with van der Waals surface area (Å²) in [5, 5.41) is 0.486. The number of aromatic nitrogens is 3. The third-order valence-corrected chi connectivity index (χ3v) is 5.12. The molecule has 1 N–H and O–H groups in total. The van der Waals surface area contributed by atoms with Gasteiger partial charge in [0.05, 0.1) is 28.9 Å². The van der Waals surface area contributed by atoms with Crippen molar-refractivity contribution in [1.82, 2.24) is 15.0 Å². The molecule has 1 unspecified atom stereocenters. The second-order valence-electron chi connectivity index (χ2n) is 5.75. The zero-order chi connectivity index (χ0) is 17.6. The Labute approximate surface area is 150 Å². The summed E-state index contributed by atoms with van der Waals surface area (Å²) in [6, 6.07) is 1.83. The average molecular weight is 360 g/mol. The molecule has 0 aromatic carbocycles. The fourth-order valence-corrected chi connectivity index (χ4v) is 3.67. The van der Waals surface area contributed by atoms with Crippen molar-refractivity contribution < 1.29 is 13.7 Å². The van der Waals surface area contributed by atoms with Gasteiger partial charge < -0.3 is 14.5 Å². The Kier molecular flexibility index (Phi) is 5.88. The number of ether oxygens (including phenoxy) is 2. The molecule has 2 aromatic heterocycles. The van der Waals surface area contributed by atoms with E-state index in [1.54, 1.807) is 13.3 Å². The molecule has 7 heteroatoms. The molecule has 1 aliphatic rings. The minimum atomic E-state index is -1.29. The molecule has 0 saturated carbocycles. The Hall–Kier alpha value is -2.12. The molecule has 6 nitrogen and oxygen atoms in total. The van der Waals surface area contributed by atoms with Gasteiger partial charge in [0.2, 0.25) is 0 Å². The zero-order valence-electron chi connectivity index (χ0n) is 14.4. The summed E-state index contributed by atoms with van der Waals surface area (Å²) in [5.41, 5.74) is 3.45. The molecule has 0 bridgehead atoms. The number of rotatable bonds is 8. The molecular weight excluding hydrogens is 338 g/mol. The maximum atomic E-state index is 12.7. The van der Waals surface area contributed by atoms with Crippen LogP contribution in [-0.4, -0.2) is 39.5 Å². The third-order valence-electron chi connectivity index (χ3n) is 3.96. The van der Waals surface area contributed by atoms with E-state index in [2.05, 4.69) is 15.0 Å². The second kappa shape index (κ2) is 8.31. The lowest BCUT2D eigenvalue weighted by atomic mass is 10.1. The maximum Gasteiger partial charge on any atom is 0.178 e. The maximum absolute atomic E-state index is 12.7. The molecule has 2 heterocycles. The van der Waals surface area contributed by atoms with E-state index in [-0.39, 0.29) is 0 Å². The molecule has 0 amide bonds. The van der Waals surface area contributed by atoms with Crippen molar-refractivity contribution in [1.29, 1.82) is 0 Å². The van der Waals surface area contributed by atoms with Crippen molar-refractivity contribution >= 4 is 16.9 Å². The SMILES string of the molecule is COCCCOc1ccnc(CS(=O)c2nc3c([nH]2)C=CC[CH-]3)c1C. The first-order chi connectivity index (χ1) is 12.2. The van der Waals surface area contributed by atoms with Gasteiger partial charge in [-0.15, -0.1) is 12.2 Å². The van der Waals surface area contributed by atoms with Crippen LogP contribution in [-0.2, 0) is 21.3 Å². The van der Waals surface area contributed by atoms with Gasteiger partial charge >= 0.3 is 0 Å². The van der Waals surface area contributed by atoms with Crippen molar-refractivity contribution in [3.8, 4) is 5.75 Å². The largest absolute Gasteiger partial charge is 0.493 e. The molecule has 2 aromatic rings. The lowest BCUT2D eigenvalue weighted by molar-refractivity contribution is 0.172. The molecule has 25 heavy (non-hydrogen) atoms. The second-order valence-corrected chi connectivity index (χ2v) is 7.11. The van der Waals surface area contributed by atoms with Gasteiger partial charge in [-0.3, -0.25) is 14.2 Å². The standard InChI is InChI=1S/C18H22N3O3S/c1-13-16(19-9-8-17(13)24-11-5-10-23-2)12-25(22)18-20-14-6-3-4-7-15(14)21-18/h3,6-9H,4-5,10-12H2,1-2H3,(H,20,21)/q-1. The Morgan fingerprint density at radius 3 is 3.08 bits per heavy atom. The zero-order valence-corrected chi connectivity index (χ0v) is 15.3. The molecule has 1 atom stereocenters. The van der Waals surface area contributed by atoms with E-state index in [1.807, 2.05) is 31.6 Å². The number of fused-ring (bicyclic) bond motifs is 1. The third kappa shape index (κ3) is 4.29. The topological polar surface area (TPSA) is 77.1 Å². The molecule has 0 saturated heterocycles. The molecule has 0 fully saturated rings. The Bertz CT molecular complexity index is 786. The van der Waals surface area contributed by atoms with E-state index in [0.717, 1.165) is 41.2 Å². The molecular formula is C18H22N3O3S-. The van der Waals surface area contributed by atoms with Crippen LogP contribution in [0.5, 0.6) is 5.75 Å². The summed E-state index contributed by atoms with van der Waals surface area (Å²) in [7, 11) is 0.387. The number of nitrogens with one attached hydrogen (secondary N) is 1. The molecule has 1 aliphatic carbocycles. The lowest BCUT2D eigenvalue weighted by Crippen LogP contribution is -2.06. The smallest absolute Gasteiger partial charge is 0.178 e. The van der Waals surface area contributed by atoms with Crippen molar-refractivity contribution in [2.75, 3.05) is 20.3 Å². The van der Waals surface area contributed by atoms with E-state index >= 15 is 0 Å². The summed E-state index contributed by atoms with van der Waals surface area (Å²) in [4.78, 5) is 11.9. The van der Waals surface area contributed by atoms with Gasteiger partial charge in [0.25, 0.3) is 0 Å². The fourth-order valence-electron chi connectivity index (χ4n) is 2.57. The molecule has 0 aliphatic heterocycles. The number of hydrogen-bond acceptors (Lipinski definition) is 5. The van der Waals surface area contributed by atoms with Crippen LogP contribution in [0.3, 0.4) is 0 Å². The fraction of sp³-hybridized carbons (Fsp3) is 0.389. The van der Waals surface area contributed by atoms with Crippen molar-refractivity contribution in [2.24, 2.45) is 0 Å². The molecule has 3 rings (SSSR count). The van der Waals surface area contributed by atoms with Crippen LogP contribution in [0.25, 0.3) is 6.08 Å². The molecule has 0 spiro atoms. The van der Waals surface area contributed by atoms with Crippen LogP contribution < -0.4 is 4.74 Å². The molecule has 134 valence electrons. The normalized spacial score (nSPS) is 14.0. The van der Waals surface area contributed by atoms with Crippen molar-refractivity contribution in [2.45, 2.75) is 30.7 Å². The number of pyridine rings is 1. The summed E-state index contributed by atoms with van der Waals surface area (Å²) >= 11 is 0. The van der Waals surface area contributed by atoms with Crippen LogP contribution in [0.4, 0.5) is 0 Å². The van der Waals surface area contributed by atoms with E-state index in [0.29, 0.717) is 24.1 Å². The Morgan fingerprint density at radius 2 is 2.28 bits per heavy atom. The average Bonchev–Trinajstić information content (AvgIpc) is 3.06. The summed E-state index contributed by atoms with van der Waals surface area (Å²) < 4.78 is 23.5. The van der Waals surface area contributed by atoms with Crippen LogP contribution in [0.2, 0.25) is 0 Å². The van der Waals surface area contributed by atoms with Gasteiger partial charge in [0, 0.05) is 31.9 Å². The lowest BCUT2D eigenvalue weighted by Gasteiger charge is -2.11. The highest BCUT2D eigenvalue weighted by Crippen LogP contribution is 2.23. The Balaban J connectivity index is 1.68. The highest BCUT2D eigenvalue weighted by Gasteiger charge is 2.14. The Morgan fingerprint density at radius 1 is 1.40 bits per heavy atom. The first-order valence-electron chi connectivity index (χ1n) is 8.23. The van der Waals surface area contributed by atoms with Crippen molar-refractivity contribution in [3.05, 3.63) is 47.4 Å². The van der Waals surface area contributed by atoms with Gasteiger partial charge in [0.1, 0.15) is 5.75 Å². The first-order valence-corrected chi connectivity index (χ1v) is 9.55. The van der Waals surface area contributed by atoms with Crippen molar-refractivity contribution in [3.63, 3.8) is 0 Å². The number of methoxy groups -OCH3 is 1. The summed E-state index contributed by atoms with van der Waals surface area (Å²) in [6.07, 6.45) is 9.40. The minimum absolute atomic E-state index is 0.303. The number of nitrogens with zero attached hydrogens (tertiary/aromatic N) is 2.